The monoisotopic (exact) mass is 211 g/mol. The maximum atomic E-state index is 13.9. The van der Waals surface area contributed by atoms with Crippen molar-refractivity contribution in [1.82, 2.24) is 5.32 Å². The molecule has 1 heterocycles. The molecular formula is C12H15F2N. The molecule has 3 heteroatoms. The highest BCUT2D eigenvalue weighted by molar-refractivity contribution is 5.29. The number of halogens is 2. The van der Waals surface area contributed by atoms with Gasteiger partial charge in [0.2, 0.25) is 0 Å². The first-order valence-corrected chi connectivity index (χ1v) is 5.24. The second-order valence-corrected chi connectivity index (χ2v) is 4.25. The Kier molecular flexibility index (Phi) is 2.74. The van der Waals surface area contributed by atoms with Crippen molar-refractivity contribution in [3.05, 3.63) is 35.4 Å². The lowest BCUT2D eigenvalue weighted by Crippen LogP contribution is -2.44. The summed E-state index contributed by atoms with van der Waals surface area (Å²) in [6, 6.07) is 6.73. The lowest BCUT2D eigenvalue weighted by atomic mass is 9.90. The van der Waals surface area contributed by atoms with Gasteiger partial charge in [-0.05, 0) is 31.5 Å². The number of rotatable bonds is 3. The molecule has 1 aliphatic heterocycles. The van der Waals surface area contributed by atoms with Crippen LogP contribution in [0.1, 0.15) is 17.5 Å². The van der Waals surface area contributed by atoms with Crippen molar-refractivity contribution in [3.8, 4) is 0 Å². The van der Waals surface area contributed by atoms with E-state index in [0.717, 1.165) is 13.1 Å². The second-order valence-electron chi connectivity index (χ2n) is 4.25. The highest BCUT2D eigenvalue weighted by atomic mass is 19.3. The zero-order valence-corrected chi connectivity index (χ0v) is 8.76. The molecule has 0 unspecified atom stereocenters. The first-order chi connectivity index (χ1) is 7.09. The van der Waals surface area contributed by atoms with E-state index < -0.39 is 5.92 Å². The lowest BCUT2D eigenvalue weighted by Gasteiger charge is -2.31. The molecule has 1 nitrogen and oxygen atoms in total. The molecule has 0 bridgehead atoms. The molecule has 1 saturated heterocycles. The Labute approximate surface area is 88.5 Å². The van der Waals surface area contributed by atoms with Gasteiger partial charge in [0, 0.05) is 12.0 Å². The highest BCUT2D eigenvalue weighted by Gasteiger charge is 2.37. The Morgan fingerprint density at radius 1 is 1.33 bits per heavy atom. The van der Waals surface area contributed by atoms with Gasteiger partial charge in [-0.3, -0.25) is 0 Å². The van der Waals surface area contributed by atoms with Gasteiger partial charge in [-0.1, -0.05) is 24.3 Å². The smallest absolute Gasteiger partial charge is 0.273 e. The van der Waals surface area contributed by atoms with Crippen LogP contribution in [0.15, 0.2) is 24.3 Å². The van der Waals surface area contributed by atoms with Crippen LogP contribution in [0.2, 0.25) is 0 Å². The van der Waals surface area contributed by atoms with Crippen molar-refractivity contribution in [2.24, 2.45) is 5.92 Å². The summed E-state index contributed by atoms with van der Waals surface area (Å²) in [5, 5.41) is 3.02. The molecule has 1 aromatic carbocycles. The van der Waals surface area contributed by atoms with E-state index in [-0.39, 0.29) is 17.9 Å². The number of hydrogen-bond donors (Lipinski definition) is 1. The fourth-order valence-corrected chi connectivity index (χ4v) is 1.95. The van der Waals surface area contributed by atoms with Crippen LogP contribution in [0.25, 0.3) is 0 Å². The van der Waals surface area contributed by atoms with Gasteiger partial charge < -0.3 is 5.32 Å². The molecule has 2 rings (SSSR count). The van der Waals surface area contributed by atoms with E-state index >= 15 is 0 Å². The van der Waals surface area contributed by atoms with Crippen LogP contribution in [0.5, 0.6) is 0 Å². The topological polar surface area (TPSA) is 12.0 Å². The first kappa shape index (κ1) is 10.6. The van der Waals surface area contributed by atoms with E-state index in [0.29, 0.717) is 5.56 Å². The Morgan fingerprint density at radius 3 is 2.53 bits per heavy atom. The molecule has 0 spiro atoms. The summed E-state index contributed by atoms with van der Waals surface area (Å²) < 4.78 is 27.7. The Morgan fingerprint density at radius 2 is 2.00 bits per heavy atom. The van der Waals surface area contributed by atoms with Crippen molar-refractivity contribution in [1.29, 1.82) is 0 Å². The Balaban J connectivity index is 2.16. The normalized spacial score (nSPS) is 17.5. The van der Waals surface area contributed by atoms with Crippen molar-refractivity contribution in [2.45, 2.75) is 19.3 Å². The molecule has 82 valence electrons. The molecule has 0 saturated carbocycles. The summed E-state index contributed by atoms with van der Waals surface area (Å²) in [5.74, 6) is -2.56. The van der Waals surface area contributed by atoms with E-state index in [1.165, 1.54) is 6.07 Å². The molecule has 1 aromatic rings. The number of nitrogens with one attached hydrogen (secondary N) is 1. The molecule has 0 radical (unpaired) electrons. The lowest BCUT2D eigenvalue weighted by molar-refractivity contribution is -0.0361. The van der Waals surface area contributed by atoms with Gasteiger partial charge in [-0.25, -0.2) is 8.78 Å². The largest absolute Gasteiger partial charge is 0.316 e. The Bertz CT molecular complexity index is 345. The Hall–Kier alpha value is -0.960. The quantitative estimate of drug-likeness (QED) is 0.810. The minimum absolute atomic E-state index is 0.0369. The fraction of sp³-hybridized carbons (Fsp3) is 0.500. The first-order valence-electron chi connectivity index (χ1n) is 5.24. The maximum Gasteiger partial charge on any atom is 0.273 e. The summed E-state index contributed by atoms with van der Waals surface area (Å²) in [6.45, 7) is 3.19. The van der Waals surface area contributed by atoms with E-state index in [9.17, 15) is 8.78 Å². The number of benzene rings is 1. The molecule has 1 aliphatic rings. The summed E-state index contributed by atoms with van der Waals surface area (Å²) in [5.41, 5.74) is 0.853. The zero-order chi connectivity index (χ0) is 10.9. The summed E-state index contributed by atoms with van der Waals surface area (Å²) in [6.07, 6.45) is -0.0369. The number of aryl methyl sites for hydroxylation is 1. The van der Waals surface area contributed by atoms with Crippen molar-refractivity contribution >= 4 is 0 Å². The summed E-state index contributed by atoms with van der Waals surface area (Å²) >= 11 is 0. The molecule has 0 atom stereocenters. The van der Waals surface area contributed by atoms with Crippen LogP contribution in [0.3, 0.4) is 0 Å². The van der Waals surface area contributed by atoms with Crippen LogP contribution in [-0.2, 0) is 5.92 Å². The predicted molar refractivity (Wildman–Crippen MR) is 56.0 cm³/mol. The molecule has 0 amide bonds. The average Bonchev–Trinajstić information content (AvgIpc) is 2.12. The van der Waals surface area contributed by atoms with Gasteiger partial charge >= 0.3 is 0 Å². The molecule has 1 N–H and O–H groups in total. The van der Waals surface area contributed by atoms with Crippen LogP contribution in [0, 0.1) is 12.8 Å². The van der Waals surface area contributed by atoms with Crippen LogP contribution >= 0.6 is 0 Å². The fourth-order valence-electron chi connectivity index (χ4n) is 1.95. The third-order valence-electron chi connectivity index (χ3n) is 2.95. The summed E-state index contributed by atoms with van der Waals surface area (Å²) in [4.78, 5) is 0. The highest BCUT2D eigenvalue weighted by Crippen LogP contribution is 2.37. The van der Waals surface area contributed by atoms with Crippen LogP contribution < -0.4 is 5.32 Å². The van der Waals surface area contributed by atoms with E-state index in [2.05, 4.69) is 5.32 Å². The SMILES string of the molecule is Cc1ccccc1C(F)(F)CC1CNC1. The maximum absolute atomic E-state index is 13.9. The van der Waals surface area contributed by atoms with Gasteiger partial charge in [0.1, 0.15) is 0 Å². The third-order valence-corrected chi connectivity index (χ3v) is 2.95. The average molecular weight is 211 g/mol. The van der Waals surface area contributed by atoms with Crippen LogP contribution in [-0.4, -0.2) is 13.1 Å². The van der Waals surface area contributed by atoms with E-state index in [4.69, 9.17) is 0 Å². The number of hydrogen-bond acceptors (Lipinski definition) is 1. The molecule has 0 aromatic heterocycles. The van der Waals surface area contributed by atoms with Crippen LogP contribution in [0.4, 0.5) is 8.78 Å². The van der Waals surface area contributed by atoms with Gasteiger partial charge in [0.15, 0.2) is 0 Å². The number of alkyl halides is 2. The van der Waals surface area contributed by atoms with Crippen molar-refractivity contribution < 1.29 is 8.78 Å². The minimum Gasteiger partial charge on any atom is -0.316 e. The van der Waals surface area contributed by atoms with E-state index in [1.807, 2.05) is 0 Å². The van der Waals surface area contributed by atoms with Gasteiger partial charge in [0.25, 0.3) is 5.92 Å². The standard InChI is InChI=1S/C12H15F2N/c1-9-4-2-3-5-11(9)12(13,14)6-10-7-15-8-10/h2-5,10,15H,6-8H2,1H3. The van der Waals surface area contributed by atoms with Gasteiger partial charge in [0.05, 0.1) is 0 Å². The predicted octanol–water partition coefficient (Wildman–Crippen LogP) is 2.70. The molecular weight excluding hydrogens is 196 g/mol. The van der Waals surface area contributed by atoms with E-state index in [1.54, 1.807) is 25.1 Å². The van der Waals surface area contributed by atoms with Crippen molar-refractivity contribution in [3.63, 3.8) is 0 Å². The van der Waals surface area contributed by atoms with Gasteiger partial charge in [-0.15, -0.1) is 0 Å². The zero-order valence-electron chi connectivity index (χ0n) is 8.76. The molecule has 0 aliphatic carbocycles. The second kappa shape index (κ2) is 3.89. The van der Waals surface area contributed by atoms with Crippen molar-refractivity contribution in [2.75, 3.05) is 13.1 Å². The van der Waals surface area contributed by atoms with Gasteiger partial charge in [-0.2, -0.15) is 0 Å². The molecule has 15 heavy (non-hydrogen) atoms. The third kappa shape index (κ3) is 2.17. The summed E-state index contributed by atoms with van der Waals surface area (Å²) in [7, 11) is 0. The minimum atomic E-state index is -2.68. The molecule has 1 fully saturated rings.